The number of hydrogen-bond acceptors (Lipinski definition) is 3. The number of fused-ring (bicyclic) bond motifs is 2. The van der Waals surface area contributed by atoms with Gasteiger partial charge in [-0.2, -0.15) is 0 Å². The number of thioether (sulfide) groups is 1. The molecule has 2 aliphatic rings. The lowest BCUT2D eigenvalue weighted by atomic mass is 9.81. The van der Waals surface area contributed by atoms with E-state index in [1.165, 1.54) is 16.0 Å². The SMILES string of the molecule is CSc1ccc(C2=CCN3CCC(O)C2C3)cc1. The van der Waals surface area contributed by atoms with Crippen LogP contribution in [-0.2, 0) is 0 Å². The van der Waals surface area contributed by atoms with Crippen LogP contribution in [0.15, 0.2) is 35.2 Å². The first-order chi connectivity index (χ1) is 8.78. The maximum Gasteiger partial charge on any atom is 0.0633 e. The Labute approximate surface area is 113 Å². The molecule has 1 fully saturated rings. The van der Waals surface area contributed by atoms with E-state index in [1.54, 1.807) is 11.8 Å². The first-order valence-electron chi connectivity index (χ1n) is 6.53. The van der Waals surface area contributed by atoms with Crippen LogP contribution in [0.3, 0.4) is 0 Å². The molecule has 0 aliphatic carbocycles. The minimum absolute atomic E-state index is 0.173. The molecule has 18 heavy (non-hydrogen) atoms. The van der Waals surface area contributed by atoms with Crippen molar-refractivity contribution in [2.24, 2.45) is 5.92 Å². The molecule has 96 valence electrons. The van der Waals surface area contributed by atoms with Crippen LogP contribution in [0.5, 0.6) is 0 Å². The van der Waals surface area contributed by atoms with Crippen LogP contribution < -0.4 is 0 Å². The topological polar surface area (TPSA) is 23.5 Å². The van der Waals surface area contributed by atoms with Crippen LogP contribution in [0, 0.1) is 5.92 Å². The molecule has 0 aromatic heterocycles. The molecule has 2 bridgehead atoms. The Morgan fingerprint density at radius 2 is 2.06 bits per heavy atom. The number of aliphatic hydroxyl groups excluding tert-OH is 1. The summed E-state index contributed by atoms with van der Waals surface area (Å²) in [6, 6.07) is 8.72. The molecule has 1 aromatic rings. The predicted octanol–water partition coefficient (Wildman–Crippen LogP) is 2.49. The van der Waals surface area contributed by atoms with Gasteiger partial charge in [-0.25, -0.2) is 0 Å². The van der Waals surface area contributed by atoms with Crippen LogP contribution in [0.4, 0.5) is 0 Å². The Balaban J connectivity index is 1.90. The van der Waals surface area contributed by atoms with E-state index in [0.717, 1.165) is 26.1 Å². The van der Waals surface area contributed by atoms with E-state index in [2.05, 4.69) is 41.5 Å². The highest BCUT2D eigenvalue weighted by Gasteiger charge is 2.33. The lowest BCUT2D eigenvalue weighted by Crippen LogP contribution is -2.46. The molecule has 3 unspecified atom stereocenters. The zero-order chi connectivity index (χ0) is 12.5. The summed E-state index contributed by atoms with van der Waals surface area (Å²) in [6.07, 6.45) is 5.13. The van der Waals surface area contributed by atoms with Gasteiger partial charge in [0.1, 0.15) is 0 Å². The number of nitrogens with zero attached hydrogens (tertiary/aromatic N) is 1. The van der Waals surface area contributed by atoms with Crippen molar-refractivity contribution in [2.45, 2.75) is 17.4 Å². The van der Waals surface area contributed by atoms with E-state index in [4.69, 9.17) is 0 Å². The third kappa shape index (κ3) is 2.22. The summed E-state index contributed by atoms with van der Waals surface area (Å²) < 4.78 is 0. The molecule has 1 aromatic carbocycles. The van der Waals surface area contributed by atoms with E-state index < -0.39 is 0 Å². The average Bonchev–Trinajstić information content (AvgIpc) is 2.44. The average molecular weight is 261 g/mol. The van der Waals surface area contributed by atoms with Crippen LogP contribution in [0.25, 0.3) is 5.57 Å². The smallest absolute Gasteiger partial charge is 0.0633 e. The monoisotopic (exact) mass is 261 g/mol. The maximum absolute atomic E-state index is 10.2. The highest BCUT2D eigenvalue weighted by molar-refractivity contribution is 7.98. The summed E-state index contributed by atoms with van der Waals surface area (Å²) in [5.41, 5.74) is 2.62. The fourth-order valence-electron chi connectivity index (χ4n) is 2.97. The lowest BCUT2D eigenvalue weighted by molar-refractivity contribution is 0.0509. The van der Waals surface area contributed by atoms with Gasteiger partial charge in [0, 0.05) is 30.4 Å². The van der Waals surface area contributed by atoms with Crippen LogP contribution >= 0.6 is 11.8 Å². The molecule has 0 radical (unpaired) electrons. The zero-order valence-corrected chi connectivity index (χ0v) is 11.5. The van der Waals surface area contributed by atoms with Crippen molar-refractivity contribution in [2.75, 3.05) is 25.9 Å². The molecule has 1 saturated heterocycles. The van der Waals surface area contributed by atoms with Gasteiger partial charge in [-0.15, -0.1) is 11.8 Å². The number of benzene rings is 1. The molecule has 2 heterocycles. The quantitative estimate of drug-likeness (QED) is 0.827. The second-order valence-corrected chi connectivity index (χ2v) is 5.99. The standard InChI is InChI=1S/C15H19NOS/c1-18-12-4-2-11(3-5-12)13-6-8-16-9-7-15(17)14(13)10-16/h2-6,14-15,17H,7-10H2,1H3. The minimum atomic E-state index is -0.173. The van der Waals surface area contributed by atoms with Crippen LogP contribution in [0.2, 0.25) is 0 Å². The summed E-state index contributed by atoms with van der Waals surface area (Å²) in [5.74, 6) is 0.299. The van der Waals surface area contributed by atoms with Crippen molar-refractivity contribution < 1.29 is 5.11 Å². The fraction of sp³-hybridized carbons (Fsp3) is 0.467. The first-order valence-corrected chi connectivity index (χ1v) is 7.75. The van der Waals surface area contributed by atoms with Gasteiger partial charge in [-0.1, -0.05) is 18.2 Å². The Hall–Kier alpha value is -0.770. The van der Waals surface area contributed by atoms with Gasteiger partial charge in [-0.05, 0) is 35.9 Å². The van der Waals surface area contributed by atoms with E-state index in [9.17, 15) is 5.11 Å². The van der Waals surface area contributed by atoms with Crippen LogP contribution in [0.1, 0.15) is 12.0 Å². The molecule has 3 rings (SSSR count). The fourth-order valence-corrected chi connectivity index (χ4v) is 3.38. The molecule has 0 amide bonds. The van der Waals surface area contributed by atoms with E-state index >= 15 is 0 Å². The summed E-state index contributed by atoms with van der Waals surface area (Å²) >= 11 is 1.77. The third-order valence-corrected chi connectivity index (χ3v) is 4.80. The summed E-state index contributed by atoms with van der Waals surface area (Å²) in [7, 11) is 0. The number of aliphatic hydroxyl groups is 1. The van der Waals surface area contributed by atoms with Crippen molar-refractivity contribution in [1.29, 1.82) is 0 Å². The van der Waals surface area contributed by atoms with Gasteiger partial charge >= 0.3 is 0 Å². The third-order valence-electron chi connectivity index (χ3n) is 4.05. The van der Waals surface area contributed by atoms with Gasteiger partial charge < -0.3 is 5.11 Å². The lowest BCUT2D eigenvalue weighted by Gasteiger charge is -2.40. The van der Waals surface area contributed by atoms with Crippen LogP contribution in [-0.4, -0.2) is 42.0 Å². The number of piperidine rings is 1. The van der Waals surface area contributed by atoms with Crippen molar-refractivity contribution >= 4 is 17.3 Å². The largest absolute Gasteiger partial charge is 0.392 e. The molecular weight excluding hydrogens is 242 g/mol. The van der Waals surface area contributed by atoms with Gasteiger partial charge in [-0.3, -0.25) is 4.90 Å². The maximum atomic E-state index is 10.2. The molecule has 0 saturated carbocycles. The zero-order valence-electron chi connectivity index (χ0n) is 10.7. The molecule has 0 spiro atoms. The van der Waals surface area contributed by atoms with Gasteiger partial charge in [0.25, 0.3) is 0 Å². The Bertz CT molecular complexity index is 454. The molecule has 3 heteroatoms. The minimum Gasteiger partial charge on any atom is -0.392 e. The van der Waals surface area contributed by atoms with Gasteiger partial charge in [0.05, 0.1) is 6.10 Å². The molecular formula is C15H19NOS. The van der Waals surface area contributed by atoms with Crippen molar-refractivity contribution in [3.63, 3.8) is 0 Å². The van der Waals surface area contributed by atoms with Crippen molar-refractivity contribution in [1.82, 2.24) is 4.90 Å². The highest BCUT2D eigenvalue weighted by atomic mass is 32.2. The number of rotatable bonds is 2. The highest BCUT2D eigenvalue weighted by Crippen LogP contribution is 2.34. The van der Waals surface area contributed by atoms with Crippen molar-refractivity contribution in [3.05, 3.63) is 35.9 Å². The Morgan fingerprint density at radius 3 is 2.78 bits per heavy atom. The second-order valence-electron chi connectivity index (χ2n) is 5.11. The van der Waals surface area contributed by atoms with E-state index in [0.29, 0.717) is 5.92 Å². The first kappa shape index (κ1) is 12.3. The second kappa shape index (κ2) is 5.08. The summed E-state index contributed by atoms with van der Waals surface area (Å²) in [5, 5.41) is 10.2. The molecule has 2 nitrogen and oxygen atoms in total. The van der Waals surface area contributed by atoms with Crippen molar-refractivity contribution in [3.8, 4) is 0 Å². The Kier molecular flexibility index (Phi) is 3.46. The predicted molar refractivity (Wildman–Crippen MR) is 76.8 cm³/mol. The summed E-state index contributed by atoms with van der Waals surface area (Å²) in [4.78, 5) is 3.72. The normalized spacial score (nSPS) is 31.0. The van der Waals surface area contributed by atoms with Gasteiger partial charge in [0.2, 0.25) is 0 Å². The molecule has 2 aliphatic heterocycles. The van der Waals surface area contributed by atoms with E-state index in [-0.39, 0.29) is 6.10 Å². The number of hydrogen-bond donors (Lipinski definition) is 1. The molecule has 3 atom stereocenters. The van der Waals surface area contributed by atoms with E-state index in [1.807, 2.05) is 0 Å². The van der Waals surface area contributed by atoms with Gasteiger partial charge in [0.15, 0.2) is 0 Å². The summed E-state index contributed by atoms with van der Waals surface area (Å²) in [6.45, 7) is 3.08. The molecule has 1 N–H and O–H groups in total. The Morgan fingerprint density at radius 1 is 1.28 bits per heavy atom.